The highest BCUT2D eigenvalue weighted by Gasteiger charge is 2.32. The number of carbonyl (C=O) groups is 6. The quantitative estimate of drug-likeness (QED) is 0.200. The number of ether oxygens (including phenoxy) is 1. The highest BCUT2D eigenvalue weighted by molar-refractivity contribution is 6.01. The summed E-state index contributed by atoms with van der Waals surface area (Å²) in [5.41, 5.74) is 5.43. The summed E-state index contributed by atoms with van der Waals surface area (Å²) in [7, 11) is 0. The molecule has 1 aromatic rings. The molecular weight excluding hydrogens is 570 g/mol. The topological polar surface area (TPSA) is 201 Å². The van der Waals surface area contributed by atoms with Gasteiger partial charge in [-0.3, -0.25) is 28.8 Å². The van der Waals surface area contributed by atoms with Crippen molar-refractivity contribution in [2.24, 2.45) is 11.7 Å². The van der Waals surface area contributed by atoms with Crippen molar-refractivity contribution >= 4 is 35.4 Å². The van der Waals surface area contributed by atoms with Crippen LogP contribution in [0.1, 0.15) is 64.2 Å². The van der Waals surface area contributed by atoms with Gasteiger partial charge in [-0.15, -0.1) is 0 Å². The molecule has 0 unspecified atom stereocenters. The molecule has 1 heterocycles. The molecule has 1 aliphatic heterocycles. The van der Waals surface area contributed by atoms with Gasteiger partial charge in [0.25, 0.3) is 5.91 Å². The number of likely N-dealkylation sites (N-methyl/N-ethyl adjacent to an activating group) is 1. The van der Waals surface area contributed by atoms with E-state index in [0.29, 0.717) is 6.54 Å². The van der Waals surface area contributed by atoms with Crippen molar-refractivity contribution in [2.75, 3.05) is 32.8 Å². The summed E-state index contributed by atoms with van der Waals surface area (Å²) in [5.74, 6) is -3.92. The first kappa shape index (κ1) is 36.0. The first-order valence-electron chi connectivity index (χ1n) is 15.1. The fraction of sp³-hybridized carbons (Fsp3) is 0.600. The summed E-state index contributed by atoms with van der Waals surface area (Å²) in [5, 5.41) is 13.4. The molecule has 14 heteroatoms. The zero-order valence-corrected chi connectivity index (χ0v) is 26.2. The van der Waals surface area contributed by atoms with E-state index in [2.05, 4.69) is 31.5 Å². The van der Waals surface area contributed by atoms with Crippen molar-refractivity contribution in [3.63, 3.8) is 0 Å². The molecular formula is C30H47N7O7. The number of amides is 6. The van der Waals surface area contributed by atoms with Crippen LogP contribution in [0.2, 0.25) is 0 Å². The van der Waals surface area contributed by atoms with Crippen molar-refractivity contribution in [1.82, 2.24) is 31.5 Å². The molecule has 0 saturated heterocycles. The van der Waals surface area contributed by atoms with Gasteiger partial charge in [0.15, 0.2) is 0 Å². The number of hydrogen-bond donors (Lipinski definition) is 6. The first-order chi connectivity index (χ1) is 20.9. The van der Waals surface area contributed by atoms with Crippen LogP contribution >= 0.6 is 0 Å². The van der Waals surface area contributed by atoms with E-state index in [0.717, 1.165) is 13.1 Å². The largest absolute Gasteiger partial charge is 0.491 e. The Morgan fingerprint density at radius 2 is 1.70 bits per heavy atom. The third kappa shape index (κ3) is 11.5. The number of para-hydroxylation sites is 1. The molecule has 14 nitrogen and oxygen atoms in total. The van der Waals surface area contributed by atoms with E-state index in [9.17, 15) is 28.8 Å². The molecule has 0 aliphatic carbocycles. The Balaban J connectivity index is 2.44. The Labute approximate surface area is 258 Å². The molecule has 6 amide bonds. The molecule has 244 valence electrons. The minimum atomic E-state index is -1.30. The van der Waals surface area contributed by atoms with Crippen LogP contribution in [0, 0.1) is 5.92 Å². The number of fused-ring (bicyclic) bond motifs is 1. The van der Waals surface area contributed by atoms with Crippen LogP contribution < -0.4 is 37.1 Å². The Hall–Kier alpha value is -4.20. The SMILES string of the molecule is CCN(CC)CCNC(=O)[C@@H]1CC(=O)N[C@@H](CCC(N)=O)C(=O)N[C@H](C(C)C)C(=O)N[C@@H](C)COc2ccccc2C(=O)N1. The Kier molecular flexibility index (Phi) is 14.6. The zero-order chi connectivity index (χ0) is 32.8. The fourth-order valence-electron chi connectivity index (χ4n) is 4.60. The maximum absolute atomic E-state index is 13.4. The van der Waals surface area contributed by atoms with E-state index >= 15 is 0 Å². The predicted octanol–water partition coefficient (Wildman–Crippen LogP) is -0.579. The minimum absolute atomic E-state index is 0.00530. The van der Waals surface area contributed by atoms with Crippen LogP contribution in [0.4, 0.5) is 0 Å². The molecule has 0 spiro atoms. The molecule has 0 saturated carbocycles. The molecule has 7 N–H and O–H groups in total. The number of nitrogens with two attached hydrogens (primary N) is 1. The van der Waals surface area contributed by atoms with Crippen molar-refractivity contribution in [1.29, 1.82) is 0 Å². The molecule has 1 aromatic carbocycles. The molecule has 44 heavy (non-hydrogen) atoms. The number of primary amides is 1. The summed E-state index contributed by atoms with van der Waals surface area (Å²) in [4.78, 5) is 80.0. The third-order valence-electron chi connectivity index (χ3n) is 7.22. The second-order valence-corrected chi connectivity index (χ2v) is 11.1. The van der Waals surface area contributed by atoms with E-state index in [-0.39, 0.29) is 43.2 Å². The van der Waals surface area contributed by atoms with E-state index in [1.807, 2.05) is 13.8 Å². The zero-order valence-electron chi connectivity index (χ0n) is 26.2. The van der Waals surface area contributed by atoms with Crippen LogP contribution in [0.5, 0.6) is 5.75 Å². The number of nitrogens with zero attached hydrogens (tertiary/aromatic N) is 1. The van der Waals surface area contributed by atoms with Crippen LogP contribution in [0.15, 0.2) is 24.3 Å². The smallest absolute Gasteiger partial charge is 0.255 e. The van der Waals surface area contributed by atoms with Crippen LogP contribution in [-0.4, -0.2) is 97.3 Å². The maximum Gasteiger partial charge on any atom is 0.255 e. The molecule has 0 radical (unpaired) electrons. The Morgan fingerprint density at radius 3 is 2.34 bits per heavy atom. The Bertz CT molecular complexity index is 1170. The predicted molar refractivity (Wildman–Crippen MR) is 163 cm³/mol. The number of benzene rings is 1. The van der Waals surface area contributed by atoms with Crippen molar-refractivity contribution in [3.05, 3.63) is 29.8 Å². The molecule has 1 aliphatic rings. The second kappa shape index (κ2) is 17.8. The van der Waals surface area contributed by atoms with Gasteiger partial charge < -0.3 is 42.0 Å². The fourth-order valence-corrected chi connectivity index (χ4v) is 4.60. The van der Waals surface area contributed by atoms with E-state index < -0.39 is 66.0 Å². The van der Waals surface area contributed by atoms with Crippen molar-refractivity contribution < 1.29 is 33.5 Å². The summed E-state index contributed by atoms with van der Waals surface area (Å²) in [6, 6.07) is 2.42. The average molecular weight is 618 g/mol. The highest BCUT2D eigenvalue weighted by atomic mass is 16.5. The van der Waals surface area contributed by atoms with Gasteiger partial charge in [-0.1, -0.05) is 39.8 Å². The van der Waals surface area contributed by atoms with Gasteiger partial charge in [0, 0.05) is 19.5 Å². The van der Waals surface area contributed by atoms with E-state index in [1.54, 1.807) is 39.0 Å². The number of nitrogens with one attached hydrogen (secondary N) is 5. The van der Waals surface area contributed by atoms with E-state index in [1.165, 1.54) is 6.07 Å². The third-order valence-corrected chi connectivity index (χ3v) is 7.22. The van der Waals surface area contributed by atoms with Crippen LogP contribution in [-0.2, 0) is 24.0 Å². The second-order valence-electron chi connectivity index (χ2n) is 11.1. The standard InChI is InChI=1S/C30H47N7O7/c1-6-37(7-2)15-14-32-28(41)22-16-25(39)34-21(12-13-24(31)38)29(42)36-26(18(3)4)30(43)33-19(5)17-44-23-11-9-8-10-20(23)27(40)35-22/h8-11,18-19,21-22,26H,6-7,12-17H2,1-5H3,(H2,31,38)(H,32,41)(H,33,43)(H,34,39)(H,35,40)(H,36,42)/t19-,21-,22-,26+/m0/s1. The normalized spacial score (nSPS) is 22.1. The van der Waals surface area contributed by atoms with Crippen molar-refractivity contribution in [3.8, 4) is 5.75 Å². The van der Waals surface area contributed by atoms with Gasteiger partial charge in [0.1, 0.15) is 30.5 Å². The monoisotopic (exact) mass is 617 g/mol. The lowest BCUT2D eigenvalue weighted by molar-refractivity contribution is -0.134. The lowest BCUT2D eigenvalue weighted by Crippen LogP contribution is -2.57. The van der Waals surface area contributed by atoms with Gasteiger partial charge in [-0.2, -0.15) is 0 Å². The summed E-state index contributed by atoms with van der Waals surface area (Å²) >= 11 is 0. The van der Waals surface area contributed by atoms with Gasteiger partial charge in [-0.05, 0) is 44.5 Å². The molecule has 4 atom stereocenters. The number of carbonyl (C=O) groups excluding carboxylic acids is 6. The Morgan fingerprint density at radius 1 is 1.02 bits per heavy atom. The van der Waals surface area contributed by atoms with Gasteiger partial charge in [0.2, 0.25) is 29.5 Å². The minimum Gasteiger partial charge on any atom is -0.491 e. The van der Waals surface area contributed by atoms with Gasteiger partial charge in [0.05, 0.1) is 18.0 Å². The lowest BCUT2D eigenvalue weighted by Gasteiger charge is -2.27. The van der Waals surface area contributed by atoms with Crippen molar-refractivity contribution in [2.45, 2.75) is 78.0 Å². The summed E-state index contributed by atoms with van der Waals surface area (Å²) in [6.07, 6.45) is -0.852. The number of hydrogen-bond acceptors (Lipinski definition) is 8. The molecule has 2 rings (SSSR count). The summed E-state index contributed by atoms with van der Waals surface area (Å²) in [6.45, 7) is 11.7. The molecule has 0 fully saturated rings. The summed E-state index contributed by atoms with van der Waals surface area (Å²) < 4.78 is 5.87. The van der Waals surface area contributed by atoms with Crippen LogP contribution in [0.3, 0.4) is 0 Å². The first-order valence-corrected chi connectivity index (χ1v) is 15.1. The average Bonchev–Trinajstić information content (AvgIpc) is 2.97. The maximum atomic E-state index is 13.4. The van der Waals surface area contributed by atoms with Gasteiger partial charge in [-0.25, -0.2) is 0 Å². The van der Waals surface area contributed by atoms with Crippen LogP contribution in [0.25, 0.3) is 0 Å². The molecule has 0 bridgehead atoms. The number of rotatable bonds is 10. The van der Waals surface area contributed by atoms with E-state index in [4.69, 9.17) is 10.5 Å². The highest BCUT2D eigenvalue weighted by Crippen LogP contribution is 2.19. The lowest BCUT2D eigenvalue weighted by atomic mass is 10.0. The molecule has 0 aromatic heterocycles. The van der Waals surface area contributed by atoms with Gasteiger partial charge >= 0.3 is 0 Å².